The number of rotatable bonds is 6. The van der Waals surface area contributed by atoms with Gasteiger partial charge in [-0.25, -0.2) is 4.98 Å². The zero-order valence-corrected chi connectivity index (χ0v) is 13.4. The molecule has 0 fully saturated rings. The van der Waals surface area contributed by atoms with Crippen molar-refractivity contribution in [1.82, 2.24) is 15.3 Å². The molecule has 5 heteroatoms. The normalized spacial score (nSPS) is 11.1. The Morgan fingerprint density at radius 2 is 2.20 bits per heavy atom. The van der Waals surface area contributed by atoms with Crippen LogP contribution in [0, 0.1) is 0 Å². The first-order valence-corrected chi connectivity index (χ1v) is 7.67. The Kier molecular flexibility index (Phi) is 5.09. The molecule has 0 saturated carbocycles. The number of hydrogen-bond acceptors (Lipinski definition) is 5. The molecule has 0 spiro atoms. The van der Waals surface area contributed by atoms with E-state index in [4.69, 9.17) is 4.98 Å². The van der Waals surface area contributed by atoms with Crippen LogP contribution < -0.4 is 10.2 Å². The van der Waals surface area contributed by atoms with Crippen LogP contribution in [0.15, 0.2) is 24.5 Å². The molecule has 0 aliphatic heterocycles. The second-order valence-corrected chi connectivity index (χ2v) is 6.27. The summed E-state index contributed by atoms with van der Waals surface area (Å²) >= 11 is 1.77. The number of thiazole rings is 1. The van der Waals surface area contributed by atoms with Crippen molar-refractivity contribution in [2.75, 3.05) is 19.0 Å². The minimum absolute atomic E-state index is 0.454. The van der Waals surface area contributed by atoms with Crippen molar-refractivity contribution in [3.05, 3.63) is 40.7 Å². The van der Waals surface area contributed by atoms with Crippen LogP contribution in [0.5, 0.6) is 0 Å². The van der Waals surface area contributed by atoms with Crippen molar-refractivity contribution in [2.45, 2.75) is 32.9 Å². The zero-order valence-electron chi connectivity index (χ0n) is 12.6. The summed E-state index contributed by atoms with van der Waals surface area (Å²) in [6.45, 7) is 6.10. The molecule has 2 rings (SSSR count). The molecule has 1 N–H and O–H groups in total. The highest BCUT2D eigenvalue weighted by molar-refractivity contribution is 7.15. The first kappa shape index (κ1) is 14.9. The van der Waals surface area contributed by atoms with Crippen molar-refractivity contribution in [3.63, 3.8) is 0 Å². The molecule has 2 heterocycles. The molecule has 0 bridgehead atoms. The third-order valence-corrected chi connectivity index (χ3v) is 4.25. The number of nitrogens with zero attached hydrogens (tertiary/aromatic N) is 3. The molecule has 2 aromatic heterocycles. The second kappa shape index (κ2) is 6.81. The molecule has 0 radical (unpaired) electrons. The van der Waals surface area contributed by atoms with E-state index in [0.29, 0.717) is 5.92 Å². The highest BCUT2D eigenvalue weighted by Crippen LogP contribution is 2.30. The molecule has 0 aliphatic rings. The largest absolute Gasteiger partial charge is 0.347 e. The van der Waals surface area contributed by atoms with Gasteiger partial charge in [0.25, 0.3) is 0 Å². The Morgan fingerprint density at radius 1 is 1.40 bits per heavy atom. The fraction of sp³-hybridized carbons (Fsp3) is 0.467. The number of hydrogen-bond donors (Lipinski definition) is 1. The van der Waals surface area contributed by atoms with Gasteiger partial charge < -0.3 is 10.2 Å². The van der Waals surface area contributed by atoms with E-state index in [0.717, 1.165) is 18.2 Å². The molecule has 0 unspecified atom stereocenters. The van der Waals surface area contributed by atoms with Gasteiger partial charge in [0.1, 0.15) is 0 Å². The molecular formula is C15H22N4S. The summed E-state index contributed by atoms with van der Waals surface area (Å²) in [5, 5.41) is 4.30. The van der Waals surface area contributed by atoms with Gasteiger partial charge in [-0.3, -0.25) is 4.98 Å². The fourth-order valence-corrected chi connectivity index (χ4v) is 3.27. The van der Waals surface area contributed by atoms with E-state index in [1.165, 1.54) is 16.1 Å². The third kappa shape index (κ3) is 3.55. The van der Waals surface area contributed by atoms with Crippen molar-refractivity contribution in [1.29, 1.82) is 0 Å². The van der Waals surface area contributed by atoms with E-state index in [1.807, 2.05) is 19.3 Å². The Morgan fingerprint density at radius 3 is 2.80 bits per heavy atom. The van der Waals surface area contributed by atoms with Crippen molar-refractivity contribution < 1.29 is 0 Å². The zero-order chi connectivity index (χ0) is 14.5. The fourth-order valence-electron chi connectivity index (χ4n) is 2.09. The summed E-state index contributed by atoms with van der Waals surface area (Å²) in [6.07, 6.45) is 3.71. The molecule has 0 aliphatic carbocycles. The Bertz CT molecular complexity index is 536. The van der Waals surface area contributed by atoms with Crippen LogP contribution in [0.2, 0.25) is 0 Å². The lowest BCUT2D eigenvalue weighted by Crippen LogP contribution is -2.16. The summed E-state index contributed by atoms with van der Waals surface area (Å²) in [4.78, 5) is 12.5. The minimum Gasteiger partial charge on any atom is -0.347 e. The van der Waals surface area contributed by atoms with Crippen LogP contribution in [0.3, 0.4) is 0 Å². The van der Waals surface area contributed by atoms with Gasteiger partial charge in [-0.2, -0.15) is 0 Å². The summed E-state index contributed by atoms with van der Waals surface area (Å²) in [7, 11) is 4.06. The molecule has 20 heavy (non-hydrogen) atoms. The Hall–Kier alpha value is -1.46. The van der Waals surface area contributed by atoms with Gasteiger partial charge in [-0.05, 0) is 24.6 Å². The van der Waals surface area contributed by atoms with Crippen LogP contribution in [0.1, 0.15) is 35.9 Å². The lowest BCUT2D eigenvalue weighted by atomic mass is 10.1. The monoisotopic (exact) mass is 290 g/mol. The first-order chi connectivity index (χ1) is 9.61. The van der Waals surface area contributed by atoms with E-state index in [9.17, 15) is 0 Å². The van der Waals surface area contributed by atoms with Crippen molar-refractivity contribution in [2.24, 2.45) is 0 Å². The molecule has 0 amide bonds. The van der Waals surface area contributed by atoms with E-state index >= 15 is 0 Å². The topological polar surface area (TPSA) is 41.0 Å². The van der Waals surface area contributed by atoms with Crippen LogP contribution in [0.4, 0.5) is 5.13 Å². The van der Waals surface area contributed by atoms with Gasteiger partial charge in [0.05, 0.1) is 5.69 Å². The maximum atomic E-state index is 4.81. The smallest absolute Gasteiger partial charge is 0.185 e. The molecule has 0 aromatic carbocycles. The number of pyridine rings is 1. The molecule has 0 saturated heterocycles. The predicted octanol–water partition coefficient (Wildman–Crippen LogP) is 3.02. The Labute approximate surface area is 124 Å². The van der Waals surface area contributed by atoms with Gasteiger partial charge in [0, 0.05) is 37.4 Å². The van der Waals surface area contributed by atoms with Crippen molar-refractivity contribution >= 4 is 16.5 Å². The van der Waals surface area contributed by atoms with E-state index in [-0.39, 0.29) is 0 Å². The Balaban J connectivity index is 2.17. The molecule has 108 valence electrons. The minimum atomic E-state index is 0.454. The first-order valence-electron chi connectivity index (χ1n) is 6.86. The van der Waals surface area contributed by atoms with Crippen LogP contribution in [0.25, 0.3) is 0 Å². The maximum absolute atomic E-state index is 4.81. The van der Waals surface area contributed by atoms with Gasteiger partial charge >= 0.3 is 0 Å². The summed E-state index contributed by atoms with van der Waals surface area (Å²) in [5.74, 6) is 0.454. The second-order valence-electron chi connectivity index (χ2n) is 5.21. The van der Waals surface area contributed by atoms with E-state index < -0.39 is 0 Å². The summed E-state index contributed by atoms with van der Waals surface area (Å²) in [6, 6.07) is 4.06. The lowest BCUT2D eigenvalue weighted by molar-refractivity contribution is 0.768. The van der Waals surface area contributed by atoms with Gasteiger partial charge in [-0.1, -0.05) is 19.9 Å². The maximum Gasteiger partial charge on any atom is 0.185 e. The average molecular weight is 290 g/mol. The van der Waals surface area contributed by atoms with Crippen molar-refractivity contribution in [3.8, 4) is 0 Å². The molecule has 0 atom stereocenters. The number of nitrogens with one attached hydrogen (secondary N) is 1. The van der Waals surface area contributed by atoms with E-state index in [1.54, 1.807) is 17.5 Å². The summed E-state index contributed by atoms with van der Waals surface area (Å²) in [5.41, 5.74) is 2.41. The van der Waals surface area contributed by atoms with E-state index in [2.05, 4.69) is 42.2 Å². The SMILES string of the molecule is CNCc1sc(N(C)Cc2cccnc2)nc1C(C)C. The summed E-state index contributed by atoms with van der Waals surface area (Å²) < 4.78 is 0. The van der Waals surface area contributed by atoms with Crippen LogP contribution in [-0.4, -0.2) is 24.1 Å². The van der Waals surface area contributed by atoms with Crippen LogP contribution >= 0.6 is 11.3 Å². The van der Waals surface area contributed by atoms with Crippen LogP contribution in [-0.2, 0) is 13.1 Å². The highest BCUT2D eigenvalue weighted by atomic mass is 32.1. The lowest BCUT2D eigenvalue weighted by Gasteiger charge is -2.15. The third-order valence-electron chi connectivity index (χ3n) is 3.07. The average Bonchev–Trinajstić information content (AvgIpc) is 2.85. The number of aromatic nitrogens is 2. The van der Waals surface area contributed by atoms with Gasteiger partial charge in [0.15, 0.2) is 5.13 Å². The number of anilines is 1. The quantitative estimate of drug-likeness (QED) is 0.888. The molecule has 2 aromatic rings. The predicted molar refractivity (Wildman–Crippen MR) is 85.3 cm³/mol. The van der Waals surface area contributed by atoms with Gasteiger partial charge in [0.2, 0.25) is 0 Å². The molecule has 4 nitrogen and oxygen atoms in total. The highest BCUT2D eigenvalue weighted by Gasteiger charge is 2.16. The molecular weight excluding hydrogens is 268 g/mol. The van der Waals surface area contributed by atoms with Gasteiger partial charge in [-0.15, -0.1) is 11.3 Å². The standard InChI is InChI=1S/C15H22N4S/c1-11(2)14-13(9-16-3)20-15(18-14)19(4)10-12-6-5-7-17-8-12/h5-8,11,16H,9-10H2,1-4H3.